The van der Waals surface area contributed by atoms with E-state index in [4.69, 9.17) is 16.3 Å². The van der Waals surface area contributed by atoms with E-state index in [1.54, 1.807) is 6.20 Å². The van der Waals surface area contributed by atoms with Gasteiger partial charge in [0.05, 0.1) is 0 Å². The largest absolute Gasteiger partial charge is 0.485 e. The maximum Gasteiger partial charge on any atom is 0.146 e. The van der Waals surface area contributed by atoms with Crippen molar-refractivity contribution in [1.29, 1.82) is 0 Å². The topological polar surface area (TPSA) is 39.1 Å². The molecule has 1 aromatic carbocycles. The number of nitrogens with one attached hydrogen (secondary N) is 1. The van der Waals surface area contributed by atoms with Gasteiger partial charge >= 0.3 is 0 Å². The van der Waals surface area contributed by atoms with Crippen LogP contribution in [0.5, 0.6) is 5.75 Å². The number of imidazole rings is 1. The molecule has 2 rings (SSSR count). The quantitative estimate of drug-likeness (QED) is 0.915. The fourth-order valence-electron chi connectivity index (χ4n) is 1.82. The normalized spacial score (nSPS) is 12.4. The molecule has 1 aromatic heterocycles. The summed E-state index contributed by atoms with van der Waals surface area (Å²) in [7, 11) is 3.86. The van der Waals surface area contributed by atoms with Crippen molar-refractivity contribution in [2.45, 2.75) is 19.6 Å². The van der Waals surface area contributed by atoms with Gasteiger partial charge in [0.15, 0.2) is 0 Å². The summed E-state index contributed by atoms with van der Waals surface area (Å²) in [6.07, 6.45) is 3.66. The standard InChI is InChI=1S/C14H18ClN3O/c1-10(16-2)12-8-11(15)4-5-13(12)19-9-14-17-6-7-18(14)3/h4-8,10,16H,9H2,1-3H3. The fourth-order valence-corrected chi connectivity index (χ4v) is 2.00. The van der Waals surface area contributed by atoms with Crippen molar-refractivity contribution in [2.24, 2.45) is 7.05 Å². The van der Waals surface area contributed by atoms with Crippen molar-refractivity contribution in [2.75, 3.05) is 7.05 Å². The second-order valence-electron chi connectivity index (χ2n) is 4.44. The molecule has 0 spiro atoms. The summed E-state index contributed by atoms with van der Waals surface area (Å²) in [5, 5.41) is 3.90. The number of nitrogens with zero attached hydrogens (tertiary/aromatic N) is 2. The van der Waals surface area contributed by atoms with E-state index >= 15 is 0 Å². The third-order valence-corrected chi connectivity index (χ3v) is 3.38. The molecule has 1 unspecified atom stereocenters. The number of rotatable bonds is 5. The van der Waals surface area contributed by atoms with Crippen LogP contribution in [-0.2, 0) is 13.7 Å². The molecule has 0 amide bonds. The number of aryl methyl sites for hydroxylation is 1. The number of ether oxygens (including phenoxy) is 1. The molecule has 4 nitrogen and oxygen atoms in total. The number of benzene rings is 1. The molecule has 19 heavy (non-hydrogen) atoms. The first kappa shape index (κ1) is 13.9. The zero-order valence-electron chi connectivity index (χ0n) is 11.4. The Morgan fingerprint density at radius 2 is 2.26 bits per heavy atom. The Kier molecular flexibility index (Phi) is 4.45. The van der Waals surface area contributed by atoms with Gasteiger partial charge in [0, 0.05) is 36.1 Å². The number of hydrogen-bond donors (Lipinski definition) is 1. The van der Waals surface area contributed by atoms with E-state index in [2.05, 4.69) is 17.2 Å². The lowest BCUT2D eigenvalue weighted by molar-refractivity contribution is 0.286. The van der Waals surface area contributed by atoms with Crippen LogP contribution < -0.4 is 10.1 Å². The molecule has 102 valence electrons. The highest BCUT2D eigenvalue weighted by Crippen LogP contribution is 2.28. The molecular weight excluding hydrogens is 262 g/mol. The summed E-state index contributed by atoms with van der Waals surface area (Å²) >= 11 is 6.04. The van der Waals surface area contributed by atoms with Gasteiger partial charge in [-0.25, -0.2) is 4.98 Å². The Bertz CT molecular complexity index is 553. The molecule has 1 N–H and O–H groups in total. The van der Waals surface area contributed by atoms with E-state index in [0.717, 1.165) is 17.1 Å². The SMILES string of the molecule is CNC(C)c1cc(Cl)ccc1OCc1nccn1C. The van der Waals surface area contributed by atoms with Gasteiger partial charge in [0.25, 0.3) is 0 Å². The number of hydrogen-bond acceptors (Lipinski definition) is 3. The van der Waals surface area contributed by atoms with Crippen LogP contribution in [0.2, 0.25) is 5.02 Å². The molecule has 0 fully saturated rings. The first-order chi connectivity index (χ1) is 9.11. The van der Waals surface area contributed by atoms with Crippen molar-refractivity contribution < 1.29 is 4.74 Å². The minimum Gasteiger partial charge on any atom is -0.485 e. The lowest BCUT2D eigenvalue weighted by atomic mass is 10.1. The van der Waals surface area contributed by atoms with Crippen molar-refractivity contribution in [3.05, 3.63) is 47.0 Å². The van der Waals surface area contributed by atoms with E-state index < -0.39 is 0 Å². The molecule has 0 radical (unpaired) electrons. The summed E-state index contributed by atoms with van der Waals surface area (Å²) in [5.74, 6) is 1.72. The van der Waals surface area contributed by atoms with Crippen LogP contribution in [0.3, 0.4) is 0 Å². The first-order valence-corrected chi connectivity index (χ1v) is 6.55. The van der Waals surface area contributed by atoms with Gasteiger partial charge in [-0.05, 0) is 32.2 Å². The molecule has 2 aromatic rings. The average molecular weight is 280 g/mol. The molecule has 1 atom stereocenters. The molecule has 0 saturated heterocycles. The lowest BCUT2D eigenvalue weighted by Crippen LogP contribution is -2.14. The van der Waals surface area contributed by atoms with Crippen LogP contribution in [0, 0.1) is 0 Å². The van der Waals surface area contributed by atoms with Gasteiger partial charge in [-0.3, -0.25) is 0 Å². The predicted molar refractivity (Wildman–Crippen MR) is 76.5 cm³/mol. The van der Waals surface area contributed by atoms with Gasteiger partial charge in [-0.1, -0.05) is 11.6 Å². The highest BCUT2D eigenvalue weighted by molar-refractivity contribution is 6.30. The van der Waals surface area contributed by atoms with Crippen molar-refractivity contribution >= 4 is 11.6 Å². The summed E-state index contributed by atoms with van der Waals surface area (Å²) in [6.45, 7) is 2.51. The van der Waals surface area contributed by atoms with E-state index in [0.29, 0.717) is 11.6 Å². The minimum atomic E-state index is 0.176. The second-order valence-corrected chi connectivity index (χ2v) is 4.87. The Labute approximate surface area is 118 Å². The van der Waals surface area contributed by atoms with Gasteiger partial charge in [0.2, 0.25) is 0 Å². The maximum absolute atomic E-state index is 6.04. The Morgan fingerprint density at radius 1 is 1.47 bits per heavy atom. The van der Waals surface area contributed by atoms with Crippen LogP contribution in [0.4, 0.5) is 0 Å². The lowest BCUT2D eigenvalue weighted by Gasteiger charge is -2.16. The number of aromatic nitrogens is 2. The summed E-state index contributed by atoms with van der Waals surface area (Å²) < 4.78 is 7.80. The van der Waals surface area contributed by atoms with Crippen LogP contribution >= 0.6 is 11.6 Å². The summed E-state index contributed by atoms with van der Waals surface area (Å²) in [6, 6.07) is 5.83. The van der Waals surface area contributed by atoms with E-state index in [9.17, 15) is 0 Å². The molecule has 5 heteroatoms. The van der Waals surface area contributed by atoms with E-state index in [1.165, 1.54) is 0 Å². The highest BCUT2D eigenvalue weighted by atomic mass is 35.5. The Hall–Kier alpha value is -1.52. The van der Waals surface area contributed by atoms with Crippen LogP contribution in [-0.4, -0.2) is 16.6 Å². The summed E-state index contributed by atoms with van der Waals surface area (Å²) in [4.78, 5) is 4.24. The molecule has 1 heterocycles. The van der Waals surface area contributed by atoms with Gasteiger partial charge in [-0.15, -0.1) is 0 Å². The first-order valence-electron chi connectivity index (χ1n) is 6.17. The Morgan fingerprint density at radius 3 is 2.89 bits per heavy atom. The average Bonchev–Trinajstić information content (AvgIpc) is 2.82. The molecule has 0 bridgehead atoms. The van der Waals surface area contributed by atoms with Crippen molar-refractivity contribution in [3.63, 3.8) is 0 Å². The monoisotopic (exact) mass is 279 g/mol. The second kappa shape index (κ2) is 6.08. The van der Waals surface area contributed by atoms with Crippen molar-refractivity contribution in [1.82, 2.24) is 14.9 Å². The zero-order chi connectivity index (χ0) is 13.8. The third kappa shape index (κ3) is 3.28. The third-order valence-electron chi connectivity index (χ3n) is 3.15. The minimum absolute atomic E-state index is 0.176. The number of halogens is 1. The van der Waals surface area contributed by atoms with Gasteiger partial charge in [0.1, 0.15) is 18.2 Å². The highest BCUT2D eigenvalue weighted by Gasteiger charge is 2.11. The van der Waals surface area contributed by atoms with E-state index in [1.807, 2.05) is 43.1 Å². The molecule has 0 aliphatic rings. The zero-order valence-corrected chi connectivity index (χ0v) is 12.1. The fraction of sp³-hybridized carbons (Fsp3) is 0.357. The van der Waals surface area contributed by atoms with Crippen LogP contribution in [0.25, 0.3) is 0 Å². The molecular formula is C14H18ClN3O. The Balaban J connectivity index is 2.18. The molecule has 0 aliphatic carbocycles. The van der Waals surface area contributed by atoms with Gasteiger partial charge < -0.3 is 14.6 Å². The van der Waals surface area contributed by atoms with E-state index in [-0.39, 0.29) is 6.04 Å². The van der Waals surface area contributed by atoms with Crippen molar-refractivity contribution in [3.8, 4) is 5.75 Å². The van der Waals surface area contributed by atoms with Crippen LogP contribution in [0.15, 0.2) is 30.6 Å². The summed E-state index contributed by atoms with van der Waals surface area (Å²) in [5.41, 5.74) is 1.05. The molecule has 0 aliphatic heterocycles. The maximum atomic E-state index is 6.04. The van der Waals surface area contributed by atoms with Gasteiger partial charge in [-0.2, -0.15) is 0 Å². The predicted octanol–water partition coefficient (Wildman–Crippen LogP) is 2.93. The smallest absolute Gasteiger partial charge is 0.146 e. The molecule has 0 saturated carbocycles. The van der Waals surface area contributed by atoms with Crippen LogP contribution in [0.1, 0.15) is 24.4 Å².